The van der Waals surface area contributed by atoms with Gasteiger partial charge in [-0.25, -0.2) is 13.2 Å². The number of amides is 1. The van der Waals surface area contributed by atoms with Crippen LogP contribution in [0.4, 0.5) is 4.79 Å². The zero-order valence-electron chi connectivity index (χ0n) is 27.3. The van der Waals surface area contributed by atoms with Crippen LogP contribution < -0.4 is 10.1 Å². The number of aryl methyl sites for hydroxylation is 1. The molecule has 0 aliphatic carbocycles. The molecule has 0 radical (unpaired) electrons. The van der Waals surface area contributed by atoms with E-state index in [1.807, 2.05) is 57.2 Å². The van der Waals surface area contributed by atoms with Gasteiger partial charge >= 0.3 is 6.09 Å². The quantitative estimate of drug-likeness (QED) is 0.207. The molecule has 242 valence electrons. The van der Waals surface area contributed by atoms with Gasteiger partial charge in [0.1, 0.15) is 16.6 Å². The Morgan fingerprint density at radius 2 is 1.56 bits per heavy atom. The molecule has 5 rings (SSSR count). The van der Waals surface area contributed by atoms with Crippen molar-refractivity contribution < 1.29 is 22.7 Å². The smallest absolute Gasteiger partial charge is 0.410 e. The first-order valence-electron chi connectivity index (χ1n) is 16.3. The van der Waals surface area contributed by atoms with E-state index < -0.39 is 38.9 Å². The van der Waals surface area contributed by atoms with E-state index in [9.17, 15) is 13.2 Å². The average Bonchev–Trinajstić information content (AvgIpc) is 3.59. The van der Waals surface area contributed by atoms with Crippen LogP contribution in [0.1, 0.15) is 77.3 Å². The van der Waals surface area contributed by atoms with E-state index in [1.54, 1.807) is 24.1 Å². The first-order chi connectivity index (χ1) is 21.5. The Hall–Kier alpha value is -3.36. The Morgan fingerprint density at radius 1 is 0.889 bits per heavy atom. The highest BCUT2D eigenvalue weighted by atomic mass is 32.2. The molecule has 0 aromatic heterocycles. The Morgan fingerprint density at radius 3 is 2.22 bits per heavy atom. The third-order valence-electron chi connectivity index (χ3n) is 9.07. The van der Waals surface area contributed by atoms with Gasteiger partial charge in [0.15, 0.2) is 9.84 Å². The van der Waals surface area contributed by atoms with Gasteiger partial charge in [0.25, 0.3) is 0 Å². The predicted octanol–water partition coefficient (Wildman–Crippen LogP) is 7.57. The third kappa shape index (κ3) is 7.39. The number of unbranched alkanes of at least 4 members (excludes halogenated alkanes) is 3. The zero-order valence-corrected chi connectivity index (χ0v) is 28.1. The van der Waals surface area contributed by atoms with Crippen molar-refractivity contribution in [1.82, 2.24) is 10.2 Å². The number of carbonyl (C=O) groups excluding carboxylic acids is 1. The maximum absolute atomic E-state index is 14.3. The Kier molecular flexibility index (Phi) is 10.2. The van der Waals surface area contributed by atoms with Crippen LogP contribution in [0.5, 0.6) is 5.75 Å². The summed E-state index contributed by atoms with van der Waals surface area (Å²) >= 11 is 0. The largest absolute Gasteiger partial charge is 0.496 e. The maximum Gasteiger partial charge on any atom is 0.410 e. The van der Waals surface area contributed by atoms with Gasteiger partial charge in [0.05, 0.1) is 24.1 Å². The molecule has 0 unspecified atom stereocenters. The van der Waals surface area contributed by atoms with Crippen molar-refractivity contribution in [2.75, 3.05) is 7.11 Å². The highest BCUT2D eigenvalue weighted by Crippen LogP contribution is 2.44. The Labute approximate surface area is 269 Å². The number of benzene rings is 3. The van der Waals surface area contributed by atoms with Crippen molar-refractivity contribution >= 4 is 15.9 Å². The van der Waals surface area contributed by atoms with Crippen molar-refractivity contribution in [2.24, 2.45) is 0 Å². The van der Waals surface area contributed by atoms with Crippen molar-refractivity contribution in [3.05, 3.63) is 83.9 Å². The SMILES string of the molecule is CCCCCCc1ccc(S(=O)(=O)[C@H]2[C@H](NCc3ccc(-c4ccccc4OC)cc3)[C@H]3CC[C@@H]2N3C(=O)OC(C)(C)C)cc1. The molecule has 2 heterocycles. The molecule has 2 aliphatic heterocycles. The van der Waals surface area contributed by atoms with Crippen LogP contribution in [0.2, 0.25) is 0 Å². The third-order valence-corrected chi connectivity index (χ3v) is 11.3. The van der Waals surface area contributed by atoms with Crippen molar-refractivity contribution in [2.45, 2.75) is 113 Å². The predicted molar refractivity (Wildman–Crippen MR) is 179 cm³/mol. The van der Waals surface area contributed by atoms with Crippen LogP contribution in [0.3, 0.4) is 0 Å². The number of fused-ring (bicyclic) bond motifs is 2. The second kappa shape index (κ2) is 14.0. The second-order valence-electron chi connectivity index (χ2n) is 13.4. The summed E-state index contributed by atoms with van der Waals surface area (Å²) in [5, 5.41) is 2.81. The summed E-state index contributed by atoms with van der Waals surface area (Å²) in [6, 6.07) is 22.4. The minimum Gasteiger partial charge on any atom is -0.496 e. The molecule has 2 aliphatic rings. The molecule has 0 spiro atoms. The van der Waals surface area contributed by atoms with Crippen molar-refractivity contribution in [3.63, 3.8) is 0 Å². The molecule has 3 aromatic rings. The van der Waals surface area contributed by atoms with E-state index in [1.165, 1.54) is 19.3 Å². The fourth-order valence-electron chi connectivity index (χ4n) is 6.92. The minimum absolute atomic E-state index is 0.268. The monoisotopic (exact) mass is 632 g/mol. The van der Waals surface area contributed by atoms with Crippen LogP contribution >= 0.6 is 0 Å². The molecule has 4 atom stereocenters. The molecular weight excluding hydrogens is 584 g/mol. The first-order valence-corrected chi connectivity index (χ1v) is 17.9. The van der Waals surface area contributed by atoms with Gasteiger partial charge in [-0.2, -0.15) is 0 Å². The molecule has 7 nitrogen and oxygen atoms in total. The molecule has 45 heavy (non-hydrogen) atoms. The number of nitrogens with one attached hydrogen (secondary N) is 1. The molecule has 3 aromatic carbocycles. The summed E-state index contributed by atoms with van der Waals surface area (Å²) in [6.45, 7) is 8.19. The number of methoxy groups -OCH3 is 1. The van der Waals surface area contributed by atoms with E-state index in [0.717, 1.165) is 47.3 Å². The molecule has 1 amide bonds. The lowest BCUT2D eigenvalue weighted by Crippen LogP contribution is -2.50. The summed E-state index contributed by atoms with van der Waals surface area (Å²) in [5.41, 5.74) is 3.57. The average molecular weight is 633 g/mol. The second-order valence-corrected chi connectivity index (χ2v) is 15.5. The highest BCUT2D eigenvalue weighted by molar-refractivity contribution is 7.92. The van der Waals surface area contributed by atoms with Gasteiger partial charge in [0.2, 0.25) is 0 Å². The van der Waals surface area contributed by atoms with E-state index >= 15 is 0 Å². The first kappa shape index (κ1) is 33.0. The number of nitrogens with zero attached hydrogens (tertiary/aromatic N) is 1. The van der Waals surface area contributed by atoms with Crippen LogP contribution in [0.15, 0.2) is 77.7 Å². The lowest BCUT2D eigenvalue weighted by Gasteiger charge is -2.29. The van der Waals surface area contributed by atoms with E-state index in [-0.39, 0.29) is 6.04 Å². The molecule has 1 N–H and O–H groups in total. The van der Waals surface area contributed by atoms with Crippen LogP contribution in [0.25, 0.3) is 11.1 Å². The number of sulfone groups is 1. The molecule has 0 saturated carbocycles. The van der Waals surface area contributed by atoms with Crippen molar-refractivity contribution in [1.29, 1.82) is 0 Å². The lowest BCUT2D eigenvalue weighted by molar-refractivity contribution is 0.0210. The van der Waals surface area contributed by atoms with Crippen LogP contribution in [-0.4, -0.2) is 55.5 Å². The molecule has 2 bridgehead atoms. The van der Waals surface area contributed by atoms with Gasteiger partial charge in [-0.15, -0.1) is 0 Å². The maximum atomic E-state index is 14.3. The van der Waals surface area contributed by atoms with Gasteiger partial charge in [-0.3, -0.25) is 4.90 Å². The normalized spacial score (nSPS) is 21.2. The van der Waals surface area contributed by atoms with E-state index in [2.05, 4.69) is 36.5 Å². The van der Waals surface area contributed by atoms with Crippen molar-refractivity contribution in [3.8, 4) is 16.9 Å². The van der Waals surface area contributed by atoms with Gasteiger partial charge < -0.3 is 14.8 Å². The summed E-state index contributed by atoms with van der Waals surface area (Å²) in [5.74, 6) is 0.810. The van der Waals surface area contributed by atoms with Gasteiger partial charge in [-0.05, 0) is 81.3 Å². The fourth-order valence-corrected chi connectivity index (χ4v) is 9.09. The lowest BCUT2D eigenvalue weighted by atomic mass is 9.94. The van der Waals surface area contributed by atoms with E-state index in [0.29, 0.717) is 17.9 Å². The van der Waals surface area contributed by atoms with Crippen LogP contribution in [-0.2, 0) is 27.5 Å². The number of ether oxygens (including phenoxy) is 2. The standard InChI is InChI=1S/C37H48N2O5S/c1-6-7-8-9-12-26-17-21-29(22-18-26)45(41,42)35-32-24-23-31(39(32)36(40)44-37(2,3)4)34(35)38-25-27-15-19-28(20-16-27)30-13-10-11-14-33(30)43-5/h10-11,13-22,31-32,34-35,38H,6-9,12,23-25H2,1-5H3/t31-,32+,34-,35-/m1/s1. The number of para-hydroxylation sites is 1. The molecule has 2 fully saturated rings. The summed E-state index contributed by atoms with van der Waals surface area (Å²) in [6.07, 6.45) is 6.55. The fraction of sp³-hybridized carbons (Fsp3) is 0.486. The van der Waals surface area contributed by atoms with Gasteiger partial charge in [-0.1, -0.05) is 80.8 Å². The summed E-state index contributed by atoms with van der Waals surface area (Å²) in [7, 11) is -2.09. The molecular formula is C37H48N2O5S. The van der Waals surface area contributed by atoms with Crippen LogP contribution in [0, 0.1) is 0 Å². The summed E-state index contributed by atoms with van der Waals surface area (Å²) < 4.78 is 40.0. The molecule has 8 heteroatoms. The van der Waals surface area contributed by atoms with Gasteiger partial charge in [0, 0.05) is 18.2 Å². The highest BCUT2D eigenvalue weighted by Gasteiger charge is 2.60. The van der Waals surface area contributed by atoms with E-state index in [4.69, 9.17) is 9.47 Å². The number of carbonyl (C=O) groups is 1. The zero-order chi connectivity index (χ0) is 32.2. The Balaban J connectivity index is 1.38. The number of hydrogen-bond acceptors (Lipinski definition) is 6. The topological polar surface area (TPSA) is 84.9 Å². The minimum atomic E-state index is -3.76. The molecule has 2 saturated heterocycles. The Bertz CT molecular complexity index is 1550. The number of rotatable bonds is 12. The summed E-state index contributed by atoms with van der Waals surface area (Å²) in [4.78, 5) is 15.5. The number of hydrogen-bond donors (Lipinski definition) is 1.